The van der Waals surface area contributed by atoms with Gasteiger partial charge in [0.05, 0.1) is 23.8 Å². The number of rotatable bonds is 1. The Hall–Kier alpha value is -2.42. The normalized spacial score (nSPS) is 29.0. The first kappa shape index (κ1) is 16.4. The second-order valence-electron chi connectivity index (χ2n) is 6.17. The van der Waals surface area contributed by atoms with Crippen LogP contribution in [0.25, 0.3) is 0 Å². The minimum absolute atomic E-state index is 0.104. The number of aliphatic hydroxyl groups is 3. The lowest BCUT2D eigenvalue weighted by Crippen LogP contribution is -2.48. The van der Waals surface area contributed by atoms with Gasteiger partial charge >= 0.3 is 0 Å². The van der Waals surface area contributed by atoms with E-state index >= 15 is 0 Å². The zero-order valence-corrected chi connectivity index (χ0v) is 12.9. The van der Waals surface area contributed by atoms with Crippen LogP contribution < -0.4 is 0 Å². The van der Waals surface area contributed by atoms with Crippen LogP contribution in [0.3, 0.4) is 0 Å². The third-order valence-electron chi connectivity index (χ3n) is 4.54. The van der Waals surface area contributed by atoms with Crippen LogP contribution in [0, 0.1) is 0 Å². The molecule has 8 heteroatoms. The third kappa shape index (κ3) is 1.97. The van der Waals surface area contributed by atoms with Crippen molar-refractivity contribution in [3.05, 3.63) is 34.1 Å². The Bertz CT molecular complexity index is 805. The Labute approximate surface area is 136 Å². The van der Waals surface area contributed by atoms with E-state index in [9.17, 15) is 35.1 Å². The molecule has 0 aliphatic heterocycles. The molecule has 0 spiro atoms. The number of benzene rings is 1. The Morgan fingerprint density at radius 3 is 2.38 bits per heavy atom. The van der Waals surface area contributed by atoms with Crippen LogP contribution in [0.15, 0.2) is 11.8 Å². The van der Waals surface area contributed by atoms with Crippen LogP contribution in [0.5, 0.6) is 11.5 Å². The first-order chi connectivity index (χ1) is 11.1. The number of phenolic OH excluding ortho intramolecular Hbond substituents is 2. The highest BCUT2D eigenvalue weighted by molar-refractivity contribution is 6.26. The van der Waals surface area contributed by atoms with Gasteiger partial charge in [0, 0.05) is 23.6 Å². The monoisotopic (exact) mass is 336 g/mol. The van der Waals surface area contributed by atoms with Crippen LogP contribution >= 0.6 is 0 Å². The maximum Gasteiger partial charge on any atom is 0.232 e. The molecule has 3 atom stereocenters. The van der Waals surface area contributed by atoms with Crippen LogP contribution in [-0.4, -0.2) is 55.9 Å². The number of Topliss-reactive ketones (excluding diaryl/α,β-unsaturated/α-hetero) is 1. The van der Waals surface area contributed by atoms with Crippen molar-refractivity contribution in [3.63, 3.8) is 0 Å². The van der Waals surface area contributed by atoms with Crippen LogP contribution in [0.1, 0.15) is 44.9 Å². The summed E-state index contributed by atoms with van der Waals surface area (Å²) in [5.74, 6) is -3.22. The van der Waals surface area contributed by atoms with E-state index in [-0.39, 0.29) is 23.3 Å². The first-order valence-corrected chi connectivity index (χ1v) is 7.15. The van der Waals surface area contributed by atoms with E-state index in [0.717, 1.165) is 6.08 Å². The van der Waals surface area contributed by atoms with Crippen LogP contribution in [-0.2, 0) is 11.2 Å². The third-order valence-corrected chi connectivity index (χ3v) is 4.54. The van der Waals surface area contributed by atoms with Crippen molar-refractivity contribution in [2.45, 2.75) is 31.2 Å². The maximum atomic E-state index is 12.4. The minimum Gasteiger partial charge on any atom is -0.507 e. The number of ether oxygens (including phenoxy) is 1. The van der Waals surface area contributed by atoms with Gasteiger partial charge in [0.2, 0.25) is 5.78 Å². The van der Waals surface area contributed by atoms with Crippen molar-refractivity contribution >= 4 is 11.6 Å². The number of ketones is 2. The SMILES string of the molecule is COC1=CC(=O)c2c(O)c3c(c(O)c2C1=O)C[C@@](C)(O)C(O)[C@@H]3O. The molecule has 1 aromatic rings. The summed E-state index contributed by atoms with van der Waals surface area (Å²) < 4.78 is 4.81. The molecule has 0 bridgehead atoms. The molecule has 128 valence electrons. The molecule has 5 N–H and O–H groups in total. The number of aliphatic hydroxyl groups excluding tert-OH is 2. The van der Waals surface area contributed by atoms with Gasteiger partial charge in [-0.25, -0.2) is 0 Å². The van der Waals surface area contributed by atoms with Gasteiger partial charge in [0.15, 0.2) is 11.5 Å². The zero-order chi connectivity index (χ0) is 18.0. The fraction of sp³-hybridized carbons (Fsp3) is 0.375. The summed E-state index contributed by atoms with van der Waals surface area (Å²) in [5, 5.41) is 51.3. The summed E-state index contributed by atoms with van der Waals surface area (Å²) in [4.78, 5) is 24.6. The van der Waals surface area contributed by atoms with Crippen molar-refractivity contribution in [2.75, 3.05) is 7.11 Å². The van der Waals surface area contributed by atoms with Gasteiger partial charge in [-0.1, -0.05) is 0 Å². The Morgan fingerprint density at radius 1 is 1.17 bits per heavy atom. The second kappa shape index (κ2) is 5.04. The number of hydrogen-bond acceptors (Lipinski definition) is 8. The number of carbonyl (C=O) groups is 2. The molecule has 0 fully saturated rings. The molecule has 2 aliphatic rings. The number of hydrogen-bond donors (Lipinski definition) is 5. The van der Waals surface area contributed by atoms with Crippen molar-refractivity contribution in [1.29, 1.82) is 0 Å². The van der Waals surface area contributed by atoms with E-state index in [0.29, 0.717) is 0 Å². The van der Waals surface area contributed by atoms with E-state index < -0.39 is 52.0 Å². The Kier molecular flexibility index (Phi) is 3.45. The predicted octanol–water partition coefficient (Wildman–Crippen LogP) is -0.291. The molecule has 0 radical (unpaired) electrons. The largest absolute Gasteiger partial charge is 0.507 e. The maximum absolute atomic E-state index is 12.4. The van der Waals surface area contributed by atoms with Gasteiger partial charge in [-0.2, -0.15) is 0 Å². The summed E-state index contributed by atoms with van der Waals surface area (Å²) in [7, 11) is 1.18. The highest BCUT2D eigenvalue weighted by atomic mass is 16.5. The van der Waals surface area contributed by atoms with E-state index in [2.05, 4.69) is 0 Å². The lowest BCUT2D eigenvalue weighted by molar-refractivity contribution is -0.126. The molecule has 1 aromatic carbocycles. The van der Waals surface area contributed by atoms with Crippen molar-refractivity contribution in [3.8, 4) is 11.5 Å². The number of allylic oxidation sites excluding steroid dienone is 2. The molecule has 24 heavy (non-hydrogen) atoms. The van der Waals surface area contributed by atoms with Crippen molar-refractivity contribution in [1.82, 2.24) is 0 Å². The van der Waals surface area contributed by atoms with Crippen molar-refractivity contribution in [2.24, 2.45) is 0 Å². The highest BCUT2D eigenvalue weighted by Crippen LogP contribution is 2.49. The lowest BCUT2D eigenvalue weighted by Gasteiger charge is -2.39. The Morgan fingerprint density at radius 2 is 1.79 bits per heavy atom. The summed E-state index contributed by atoms with van der Waals surface area (Å²) >= 11 is 0. The van der Waals surface area contributed by atoms with Gasteiger partial charge in [0.1, 0.15) is 23.7 Å². The fourth-order valence-corrected chi connectivity index (χ4v) is 3.24. The number of phenols is 2. The topological polar surface area (TPSA) is 145 Å². The molecule has 0 saturated heterocycles. The average Bonchev–Trinajstić information content (AvgIpc) is 2.51. The molecular weight excluding hydrogens is 320 g/mol. The summed E-state index contributed by atoms with van der Waals surface area (Å²) in [5.41, 5.74) is -3.10. The molecule has 2 aliphatic carbocycles. The standard InChI is InChI=1S/C16H16O8/c1-16(23)4-5-8(14(21)15(16)22)13(20)9-6(17)3-7(24-2)12(19)10(9)11(5)18/h3,14-15,18,20-23H,4H2,1-2H3/t14-,15?,16-/m1/s1. The van der Waals surface area contributed by atoms with E-state index in [4.69, 9.17) is 4.74 Å². The molecule has 8 nitrogen and oxygen atoms in total. The predicted molar refractivity (Wildman–Crippen MR) is 78.8 cm³/mol. The number of carbonyl (C=O) groups excluding carboxylic acids is 2. The lowest BCUT2D eigenvalue weighted by atomic mass is 9.74. The second-order valence-corrected chi connectivity index (χ2v) is 6.17. The summed E-state index contributed by atoms with van der Waals surface area (Å²) in [6.07, 6.45) is -2.85. The van der Waals surface area contributed by atoms with Crippen LogP contribution in [0.2, 0.25) is 0 Å². The van der Waals surface area contributed by atoms with Gasteiger partial charge in [-0.3, -0.25) is 9.59 Å². The Balaban J connectivity index is 2.36. The average molecular weight is 336 g/mol. The number of methoxy groups -OCH3 is 1. The molecule has 0 amide bonds. The smallest absolute Gasteiger partial charge is 0.232 e. The molecule has 1 unspecified atom stereocenters. The van der Waals surface area contributed by atoms with Crippen molar-refractivity contribution < 1.29 is 39.9 Å². The minimum atomic E-state index is -1.80. The van der Waals surface area contributed by atoms with Gasteiger partial charge < -0.3 is 30.3 Å². The molecular formula is C16H16O8. The highest BCUT2D eigenvalue weighted by Gasteiger charge is 2.47. The van der Waals surface area contributed by atoms with Gasteiger partial charge in [-0.05, 0) is 6.92 Å². The molecule has 0 heterocycles. The molecule has 0 aromatic heterocycles. The van der Waals surface area contributed by atoms with E-state index in [1.54, 1.807) is 0 Å². The molecule has 3 rings (SSSR count). The number of aromatic hydroxyl groups is 2. The van der Waals surface area contributed by atoms with E-state index in [1.807, 2.05) is 0 Å². The summed E-state index contributed by atoms with van der Waals surface area (Å²) in [6.45, 7) is 1.24. The number of fused-ring (bicyclic) bond motifs is 2. The van der Waals surface area contributed by atoms with E-state index in [1.165, 1.54) is 14.0 Å². The zero-order valence-electron chi connectivity index (χ0n) is 12.9. The fourth-order valence-electron chi connectivity index (χ4n) is 3.24. The summed E-state index contributed by atoms with van der Waals surface area (Å²) in [6, 6.07) is 0. The van der Waals surface area contributed by atoms with Gasteiger partial charge in [0.25, 0.3) is 0 Å². The first-order valence-electron chi connectivity index (χ1n) is 7.15. The quantitative estimate of drug-likeness (QED) is 0.440. The van der Waals surface area contributed by atoms with Crippen LogP contribution in [0.4, 0.5) is 0 Å². The van der Waals surface area contributed by atoms with Gasteiger partial charge in [-0.15, -0.1) is 0 Å². The molecule has 0 saturated carbocycles.